The van der Waals surface area contributed by atoms with Gasteiger partial charge in [-0.3, -0.25) is 4.79 Å². The number of hydrogen-bond acceptors (Lipinski definition) is 4. The van der Waals surface area contributed by atoms with E-state index in [0.717, 1.165) is 33.5 Å². The number of aryl methyl sites for hydroxylation is 1. The van der Waals surface area contributed by atoms with E-state index in [9.17, 15) is 14.7 Å². The number of thioether (sulfide) groups is 1. The number of carbonyl (C=O) groups is 1. The van der Waals surface area contributed by atoms with Gasteiger partial charge in [0.2, 0.25) is 0 Å². The number of aromatic nitrogens is 2. The molecule has 2 aromatic heterocycles. The van der Waals surface area contributed by atoms with Crippen LogP contribution in [-0.4, -0.2) is 39.5 Å². The van der Waals surface area contributed by atoms with E-state index in [1.807, 2.05) is 35.6 Å². The van der Waals surface area contributed by atoms with E-state index in [-0.39, 0.29) is 5.56 Å². The molecular weight excluding hydrogens is 362 g/mol. The number of carboxylic acids is 1. The largest absolute Gasteiger partial charge is 0.480 e. The fourth-order valence-electron chi connectivity index (χ4n) is 3.90. The highest BCUT2D eigenvalue weighted by Gasteiger charge is 2.32. The third-order valence-electron chi connectivity index (χ3n) is 5.24. The number of pyridine rings is 1. The number of nitrogens with one attached hydrogen (secondary N) is 1. The number of nitrogens with zero attached hydrogens (tertiary/aromatic N) is 2. The third-order valence-corrected chi connectivity index (χ3v) is 5.96. The number of carboxylic acid groups (broad SMARTS) is 1. The lowest BCUT2D eigenvalue weighted by Gasteiger charge is -2.27. The number of hydrogen-bond donors (Lipinski definition) is 2. The number of fused-ring (bicyclic) bond motifs is 1. The maximum atomic E-state index is 12.4. The summed E-state index contributed by atoms with van der Waals surface area (Å²) in [4.78, 5) is 30.3. The minimum Gasteiger partial charge on any atom is -0.480 e. The SMILES string of the molecule is CSc1ccc(N2CCCC2C(=O)O)c(-c2cn(C)c(=O)c3[nH]ccc23)c1. The van der Waals surface area contributed by atoms with Crippen LogP contribution in [0.5, 0.6) is 0 Å². The Morgan fingerprint density at radius 2 is 2.11 bits per heavy atom. The average molecular weight is 383 g/mol. The van der Waals surface area contributed by atoms with Gasteiger partial charge < -0.3 is 19.6 Å². The Morgan fingerprint density at radius 1 is 1.30 bits per heavy atom. The molecule has 0 spiro atoms. The maximum absolute atomic E-state index is 12.4. The predicted molar refractivity (Wildman–Crippen MR) is 109 cm³/mol. The first kappa shape index (κ1) is 17.7. The second kappa shape index (κ2) is 6.81. The molecule has 0 bridgehead atoms. The normalized spacial score (nSPS) is 17.0. The van der Waals surface area contributed by atoms with E-state index < -0.39 is 12.0 Å². The molecule has 0 amide bonds. The van der Waals surface area contributed by atoms with Crippen LogP contribution in [0.25, 0.3) is 22.0 Å². The van der Waals surface area contributed by atoms with Crippen molar-refractivity contribution in [1.29, 1.82) is 0 Å². The third kappa shape index (κ3) is 2.92. The van der Waals surface area contributed by atoms with Crippen molar-refractivity contribution in [3.05, 3.63) is 47.0 Å². The Morgan fingerprint density at radius 3 is 2.85 bits per heavy atom. The van der Waals surface area contributed by atoms with Crippen LogP contribution in [0.2, 0.25) is 0 Å². The first-order valence-electron chi connectivity index (χ1n) is 8.86. The molecule has 140 valence electrons. The average Bonchev–Trinajstić information content (AvgIpc) is 3.33. The summed E-state index contributed by atoms with van der Waals surface area (Å²) in [6.07, 6.45) is 7.12. The fourth-order valence-corrected chi connectivity index (χ4v) is 4.34. The Bertz CT molecular complexity index is 1090. The van der Waals surface area contributed by atoms with Crippen molar-refractivity contribution in [2.24, 2.45) is 7.05 Å². The molecule has 0 aliphatic carbocycles. The van der Waals surface area contributed by atoms with Crippen LogP contribution in [0.3, 0.4) is 0 Å². The number of H-pyrrole nitrogens is 1. The van der Waals surface area contributed by atoms with Crippen LogP contribution in [-0.2, 0) is 11.8 Å². The summed E-state index contributed by atoms with van der Waals surface area (Å²) < 4.78 is 1.57. The molecule has 1 unspecified atom stereocenters. The van der Waals surface area contributed by atoms with Crippen LogP contribution in [0.15, 0.2) is 46.3 Å². The molecule has 1 fully saturated rings. The first-order valence-corrected chi connectivity index (χ1v) is 10.1. The number of aromatic amines is 1. The minimum absolute atomic E-state index is 0.0779. The van der Waals surface area contributed by atoms with Crippen molar-refractivity contribution in [2.75, 3.05) is 17.7 Å². The van der Waals surface area contributed by atoms with E-state index >= 15 is 0 Å². The molecule has 0 radical (unpaired) electrons. The summed E-state index contributed by atoms with van der Waals surface area (Å²) in [6.45, 7) is 0.713. The van der Waals surface area contributed by atoms with Crippen molar-refractivity contribution in [3.63, 3.8) is 0 Å². The summed E-state index contributed by atoms with van der Waals surface area (Å²) in [7, 11) is 1.74. The van der Waals surface area contributed by atoms with E-state index in [4.69, 9.17) is 0 Å². The van der Waals surface area contributed by atoms with Gasteiger partial charge in [0.05, 0.1) is 0 Å². The molecular formula is C20H21N3O3S. The number of benzene rings is 1. The minimum atomic E-state index is -0.792. The van der Waals surface area contributed by atoms with Gasteiger partial charge in [-0.1, -0.05) is 0 Å². The lowest BCUT2D eigenvalue weighted by atomic mass is 10.0. The van der Waals surface area contributed by atoms with Crippen LogP contribution in [0.4, 0.5) is 5.69 Å². The quantitative estimate of drug-likeness (QED) is 0.676. The van der Waals surface area contributed by atoms with E-state index in [0.29, 0.717) is 18.5 Å². The van der Waals surface area contributed by atoms with Gasteiger partial charge in [0.1, 0.15) is 11.6 Å². The van der Waals surface area contributed by atoms with E-state index in [1.165, 1.54) is 0 Å². The van der Waals surface area contributed by atoms with E-state index in [1.54, 1.807) is 29.6 Å². The Kier molecular flexibility index (Phi) is 4.47. The van der Waals surface area contributed by atoms with Gasteiger partial charge in [0, 0.05) is 53.1 Å². The topological polar surface area (TPSA) is 78.3 Å². The first-order chi connectivity index (χ1) is 13.0. The van der Waals surface area contributed by atoms with Crippen molar-refractivity contribution >= 4 is 34.3 Å². The molecule has 1 aliphatic heterocycles. The molecule has 27 heavy (non-hydrogen) atoms. The standard InChI is InChI=1S/C20H21N3O3S/c1-22-11-15(13-7-8-21-18(13)19(22)24)14-10-12(27-2)5-6-16(14)23-9-3-4-17(23)20(25)26/h5-8,10-11,17,21H,3-4,9H2,1-2H3,(H,25,26). The molecule has 3 heterocycles. The highest BCUT2D eigenvalue weighted by molar-refractivity contribution is 7.98. The zero-order valence-corrected chi connectivity index (χ0v) is 16.0. The van der Waals surface area contributed by atoms with Crippen molar-refractivity contribution < 1.29 is 9.90 Å². The lowest BCUT2D eigenvalue weighted by molar-refractivity contribution is -0.138. The second-order valence-electron chi connectivity index (χ2n) is 6.80. The molecule has 1 saturated heterocycles. The zero-order chi connectivity index (χ0) is 19.1. The smallest absolute Gasteiger partial charge is 0.326 e. The molecule has 3 aromatic rings. The van der Waals surface area contributed by atoms with Gasteiger partial charge in [0.25, 0.3) is 5.56 Å². The molecule has 0 saturated carbocycles. The summed E-state index contributed by atoms with van der Waals surface area (Å²) >= 11 is 1.64. The highest BCUT2D eigenvalue weighted by Crippen LogP contribution is 2.39. The van der Waals surface area contributed by atoms with Crippen LogP contribution >= 0.6 is 11.8 Å². The second-order valence-corrected chi connectivity index (χ2v) is 7.68. The summed E-state index contributed by atoms with van der Waals surface area (Å²) in [5.41, 5.74) is 3.27. The summed E-state index contributed by atoms with van der Waals surface area (Å²) in [5, 5.41) is 10.5. The van der Waals surface area contributed by atoms with Crippen molar-refractivity contribution in [2.45, 2.75) is 23.8 Å². The molecule has 1 aliphatic rings. The molecule has 1 aromatic carbocycles. The number of rotatable bonds is 4. The Hall–Kier alpha value is -2.67. The molecule has 7 heteroatoms. The van der Waals surface area contributed by atoms with Gasteiger partial charge >= 0.3 is 5.97 Å². The molecule has 6 nitrogen and oxygen atoms in total. The maximum Gasteiger partial charge on any atom is 0.326 e. The molecule has 2 N–H and O–H groups in total. The van der Waals surface area contributed by atoms with Gasteiger partial charge in [-0.05, 0) is 43.4 Å². The van der Waals surface area contributed by atoms with Crippen LogP contribution in [0.1, 0.15) is 12.8 Å². The zero-order valence-electron chi connectivity index (χ0n) is 15.2. The summed E-state index contributed by atoms with van der Waals surface area (Å²) in [5.74, 6) is -0.792. The Labute approximate surface area is 160 Å². The van der Waals surface area contributed by atoms with Crippen molar-refractivity contribution in [3.8, 4) is 11.1 Å². The fraction of sp³-hybridized carbons (Fsp3) is 0.300. The number of aliphatic carboxylic acids is 1. The number of anilines is 1. The summed E-state index contributed by atoms with van der Waals surface area (Å²) in [6, 6.07) is 7.50. The van der Waals surface area contributed by atoms with E-state index in [2.05, 4.69) is 11.1 Å². The monoisotopic (exact) mass is 383 g/mol. The predicted octanol–water partition coefficient (Wildman–Crippen LogP) is 3.31. The highest BCUT2D eigenvalue weighted by atomic mass is 32.2. The van der Waals surface area contributed by atoms with Crippen LogP contribution in [0, 0.1) is 0 Å². The van der Waals surface area contributed by atoms with Gasteiger partial charge in [-0.15, -0.1) is 11.8 Å². The Balaban J connectivity index is 1.98. The van der Waals surface area contributed by atoms with Gasteiger partial charge in [-0.25, -0.2) is 4.79 Å². The van der Waals surface area contributed by atoms with Gasteiger partial charge in [-0.2, -0.15) is 0 Å². The lowest BCUT2D eigenvalue weighted by Crippen LogP contribution is -2.36. The van der Waals surface area contributed by atoms with Crippen molar-refractivity contribution in [1.82, 2.24) is 9.55 Å². The van der Waals surface area contributed by atoms with Gasteiger partial charge in [0.15, 0.2) is 0 Å². The van der Waals surface area contributed by atoms with Crippen LogP contribution < -0.4 is 10.5 Å². The molecule has 1 atom stereocenters. The molecule has 4 rings (SSSR count).